The fourth-order valence-electron chi connectivity index (χ4n) is 3.71. The lowest BCUT2D eigenvalue weighted by Gasteiger charge is -2.34. The fourth-order valence-corrected chi connectivity index (χ4v) is 4.10. The number of piperidine rings is 1. The number of carboxylic acid groups (broad SMARTS) is 1. The average Bonchev–Trinajstić information content (AvgIpc) is 3.31. The van der Waals surface area contributed by atoms with Crippen molar-refractivity contribution in [3.63, 3.8) is 0 Å². The standard InChI is InChI=1S/C18H20Cl2N2O4/c1-10(21-15(23)11-3-2-4-13(19)14(11)20)16(24)22-7-5-18(6-8-22)9-12(18)17(25)26/h2-4,10,12H,5-9H2,1H3,(H,21,23)(H,25,26). The first kappa shape index (κ1) is 19.0. The van der Waals surface area contributed by atoms with Crippen molar-refractivity contribution in [2.45, 2.75) is 32.2 Å². The molecule has 6 nitrogen and oxygen atoms in total. The Bertz CT molecular complexity index is 760. The molecule has 1 aromatic rings. The maximum Gasteiger partial charge on any atom is 0.307 e. The van der Waals surface area contributed by atoms with Gasteiger partial charge in [0.1, 0.15) is 6.04 Å². The fraction of sp³-hybridized carbons (Fsp3) is 0.500. The zero-order chi connectivity index (χ0) is 19.1. The summed E-state index contributed by atoms with van der Waals surface area (Å²) in [4.78, 5) is 37.8. The molecule has 0 bridgehead atoms. The van der Waals surface area contributed by atoms with Crippen LogP contribution in [0.3, 0.4) is 0 Å². The smallest absolute Gasteiger partial charge is 0.307 e. The van der Waals surface area contributed by atoms with Crippen molar-refractivity contribution in [1.29, 1.82) is 0 Å². The van der Waals surface area contributed by atoms with E-state index in [4.69, 9.17) is 28.3 Å². The molecule has 1 aliphatic heterocycles. The zero-order valence-corrected chi connectivity index (χ0v) is 15.8. The highest BCUT2D eigenvalue weighted by atomic mass is 35.5. The van der Waals surface area contributed by atoms with E-state index >= 15 is 0 Å². The van der Waals surface area contributed by atoms with E-state index in [2.05, 4.69) is 5.32 Å². The molecule has 2 N–H and O–H groups in total. The predicted octanol–water partition coefficient (Wildman–Crippen LogP) is 2.83. The highest BCUT2D eigenvalue weighted by molar-refractivity contribution is 6.43. The number of hydrogen-bond acceptors (Lipinski definition) is 3. The van der Waals surface area contributed by atoms with E-state index in [-0.39, 0.29) is 32.8 Å². The van der Waals surface area contributed by atoms with Gasteiger partial charge in [-0.05, 0) is 43.7 Å². The van der Waals surface area contributed by atoms with Crippen molar-refractivity contribution < 1.29 is 19.5 Å². The van der Waals surface area contributed by atoms with Crippen molar-refractivity contribution in [1.82, 2.24) is 10.2 Å². The first-order valence-corrected chi connectivity index (χ1v) is 9.27. The van der Waals surface area contributed by atoms with Crippen LogP contribution < -0.4 is 5.32 Å². The second kappa shape index (κ2) is 7.08. The number of rotatable bonds is 4. The second-order valence-corrected chi connectivity index (χ2v) is 7.86. The Labute approximate surface area is 161 Å². The van der Waals surface area contributed by atoms with Gasteiger partial charge in [0.05, 0.1) is 21.5 Å². The molecular formula is C18H20Cl2N2O4. The third-order valence-electron chi connectivity index (χ3n) is 5.47. The molecule has 2 fully saturated rings. The summed E-state index contributed by atoms with van der Waals surface area (Å²) in [5.74, 6) is -1.66. The molecule has 2 atom stereocenters. The summed E-state index contributed by atoms with van der Waals surface area (Å²) in [6, 6.07) is 4.04. The molecule has 2 unspecified atom stereocenters. The molecule has 140 valence electrons. The molecule has 1 spiro atoms. The number of carbonyl (C=O) groups is 3. The SMILES string of the molecule is CC(NC(=O)c1cccc(Cl)c1Cl)C(=O)N1CCC2(CC1)CC2C(=O)O. The number of carboxylic acids is 1. The minimum atomic E-state index is -0.746. The number of nitrogens with zero attached hydrogens (tertiary/aromatic N) is 1. The average molecular weight is 399 g/mol. The lowest BCUT2D eigenvalue weighted by atomic mass is 9.90. The normalized spacial score (nSPS) is 22.0. The van der Waals surface area contributed by atoms with Gasteiger partial charge in [0.25, 0.3) is 5.91 Å². The van der Waals surface area contributed by atoms with Gasteiger partial charge in [-0.15, -0.1) is 0 Å². The number of amides is 2. The molecule has 3 rings (SSSR count). The molecule has 2 aliphatic rings. The first-order chi connectivity index (χ1) is 12.2. The second-order valence-electron chi connectivity index (χ2n) is 7.08. The summed E-state index contributed by atoms with van der Waals surface area (Å²) in [5, 5.41) is 12.2. The van der Waals surface area contributed by atoms with Crippen LogP contribution >= 0.6 is 23.2 Å². The summed E-state index contributed by atoms with van der Waals surface area (Å²) in [7, 11) is 0. The maximum absolute atomic E-state index is 12.6. The van der Waals surface area contributed by atoms with E-state index < -0.39 is 17.9 Å². The van der Waals surface area contributed by atoms with Crippen LogP contribution in [-0.2, 0) is 9.59 Å². The van der Waals surface area contributed by atoms with Crippen LogP contribution in [0.25, 0.3) is 0 Å². The topological polar surface area (TPSA) is 86.7 Å². The molecule has 2 amide bonds. The van der Waals surface area contributed by atoms with Crippen molar-refractivity contribution in [3.05, 3.63) is 33.8 Å². The highest BCUT2D eigenvalue weighted by Crippen LogP contribution is 2.59. The zero-order valence-electron chi connectivity index (χ0n) is 14.3. The molecule has 1 saturated carbocycles. The molecule has 26 heavy (non-hydrogen) atoms. The van der Waals surface area contributed by atoms with Gasteiger partial charge in [-0.25, -0.2) is 0 Å². The van der Waals surface area contributed by atoms with Crippen LogP contribution in [0.2, 0.25) is 10.0 Å². The van der Waals surface area contributed by atoms with Gasteiger partial charge in [0, 0.05) is 13.1 Å². The number of carbonyl (C=O) groups excluding carboxylic acids is 2. The summed E-state index contributed by atoms with van der Waals surface area (Å²) < 4.78 is 0. The first-order valence-electron chi connectivity index (χ1n) is 8.51. The highest BCUT2D eigenvalue weighted by Gasteiger charge is 2.59. The minimum Gasteiger partial charge on any atom is -0.481 e. The monoisotopic (exact) mass is 398 g/mol. The van der Waals surface area contributed by atoms with Gasteiger partial charge in [-0.1, -0.05) is 29.3 Å². The molecule has 1 aliphatic carbocycles. The summed E-state index contributed by atoms with van der Waals surface area (Å²) in [6.07, 6.45) is 2.08. The molecular weight excluding hydrogens is 379 g/mol. The van der Waals surface area contributed by atoms with E-state index in [1.54, 1.807) is 30.0 Å². The molecule has 1 aromatic carbocycles. The van der Waals surface area contributed by atoms with Gasteiger partial charge < -0.3 is 15.3 Å². The largest absolute Gasteiger partial charge is 0.481 e. The summed E-state index contributed by atoms with van der Waals surface area (Å²) in [5.41, 5.74) is 0.0855. The van der Waals surface area contributed by atoms with Crippen LogP contribution in [0.15, 0.2) is 18.2 Å². The van der Waals surface area contributed by atoms with E-state index in [1.807, 2.05) is 0 Å². The van der Waals surface area contributed by atoms with Crippen LogP contribution in [-0.4, -0.2) is 46.9 Å². The summed E-state index contributed by atoms with van der Waals surface area (Å²) >= 11 is 12.0. The van der Waals surface area contributed by atoms with Crippen LogP contribution in [0.1, 0.15) is 36.5 Å². The van der Waals surface area contributed by atoms with Gasteiger partial charge in [-0.3, -0.25) is 14.4 Å². The van der Waals surface area contributed by atoms with Crippen LogP contribution in [0, 0.1) is 11.3 Å². The van der Waals surface area contributed by atoms with Crippen molar-refractivity contribution in [2.24, 2.45) is 11.3 Å². The number of aliphatic carboxylic acids is 1. The van der Waals surface area contributed by atoms with E-state index in [0.717, 1.165) is 0 Å². The van der Waals surface area contributed by atoms with Crippen molar-refractivity contribution in [2.75, 3.05) is 13.1 Å². The van der Waals surface area contributed by atoms with Gasteiger partial charge in [-0.2, -0.15) is 0 Å². The number of hydrogen-bond donors (Lipinski definition) is 2. The molecule has 8 heteroatoms. The van der Waals surface area contributed by atoms with Crippen LogP contribution in [0.5, 0.6) is 0 Å². The predicted molar refractivity (Wildman–Crippen MR) is 97.4 cm³/mol. The quantitative estimate of drug-likeness (QED) is 0.815. The Balaban J connectivity index is 1.56. The number of halogens is 2. The summed E-state index contributed by atoms with van der Waals surface area (Å²) in [6.45, 7) is 2.65. The Kier molecular flexibility index (Phi) is 5.17. The molecule has 1 saturated heterocycles. The Morgan fingerprint density at radius 2 is 1.92 bits per heavy atom. The third-order valence-corrected chi connectivity index (χ3v) is 6.29. The Hall–Kier alpha value is -1.79. The maximum atomic E-state index is 12.6. The Morgan fingerprint density at radius 3 is 2.50 bits per heavy atom. The van der Waals surface area contributed by atoms with E-state index in [0.29, 0.717) is 32.4 Å². The lowest BCUT2D eigenvalue weighted by Crippen LogP contribution is -2.49. The van der Waals surface area contributed by atoms with Crippen LogP contribution in [0.4, 0.5) is 0 Å². The van der Waals surface area contributed by atoms with E-state index in [1.165, 1.54) is 0 Å². The Morgan fingerprint density at radius 1 is 1.27 bits per heavy atom. The molecule has 0 aromatic heterocycles. The molecule has 1 heterocycles. The molecule has 0 radical (unpaired) electrons. The van der Waals surface area contributed by atoms with Crippen molar-refractivity contribution >= 4 is 41.0 Å². The van der Waals surface area contributed by atoms with E-state index in [9.17, 15) is 14.4 Å². The number of benzene rings is 1. The van der Waals surface area contributed by atoms with Gasteiger partial charge in [0.15, 0.2) is 0 Å². The number of nitrogens with one attached hydrogen (secondary N) is 1. The van der Waals surface area contributed by atoms with Crippen molar-refractivity contribution in [3.8, 4) is 0 Å². The lowest BCUT2D eigenvalue weighted by molar-refractivity contribution is -0.140. The minimum absolute atomic E-state index is 0.136. The third kappa shape index (κ3) is 3.53. The van der Waals surface area contributed by atoms with Gasteiger partial charge >= 0.3 is 5.97 Å². The van der Waals surface area contributed by atoms with Gasteiger partial charge in [0.2, 0.25) is 5.91 Å². The number of likely N-dealkylation sites (tertiary alicyclic amines) is 1.